The van der Waals surface area contributed by atoms with Gasteiger partial charge in [-0.2, -0.15) is 0 Å². The first-order chi connectivity index (χ1) is 16.6. The van der Waals surface area contributed by atoms with Gasteiger partial charge in [0.15, 0.2) is 0 Å². The van der Waals surface area contributed by atoms with E-state index in [0.29, 0.717) is 0 Å². The Morgan fingerprint density at radius 1 is 0.333 bits per heavy atom. The molecule has 0 bridgehead atoms. The maximum absolute atomic E-state index is 6.11. The molecule has 0 spiro atoms. The van der Waals surface area contributed by atoms with Crippen LogP contribution in [-0.2, 0) is 9.47 Å². The molecular weight excluding hydrogens is 580 g/mol. The monoisotopic (exact) mass is 644 g/mol. The van der Waals surface area contributed by atoms with E-state index in [1.54, 1.807) is 0 Å². The number of halogens is 2. The Kier molecular flexibility index (Phi) is 33.0. The molecule has 0 radical (unpaired) electrons. The molecule has 0 saturated heterocycles. The lowest BCUT2D eigenvalue weighted by atomic mass is 10.1. The first-order valence-corrected chi connectivity index (χ1v) is 15.4. The molecule has 222 valence electrons. The molecule has 0 fully saturated rings. The zero-order valence-corrected chi connectivity index (χ0v) is 28.6. The minimum Gasteiger partial charge on any atom is -1.00 e. The predicted molar refractivity (Wildman–Crippen MR) is 151 cm³/mol. The predicted octanol–water partition coefficient (Wildman–Crippen LogP) is 1.46. The molecule has 0 aliphatic carbocycles. The van der Waals surface area contributed by atoms with Crippen molar-refractivity contribution in [1.82, 2.24) is 0 Å². The molecule has 4 nitrogen and oxygen atoms in total. The lowest BCUT2D eigenvalue weighted by Crippen LogP contribution is -3.00. The average molecular weight is 647 g/mol. The van der Waals surface area contributed by atoms with Crippen LogP contribution in [0.15, 0.2) is 0 Å². The van der Waals surface area contributed by atoms with Crippen LogP contribution in [0.1, 0.15) is 119 Å². The van der Waals surface area contributed by atoms with Crippen molar-refractivity contribution in [3.63, 3.8) is 0 Å². The summed E-state index contributed by atoms with van der Waals surface area (Å²) in [6, 6.07) is 0. The molecule has 6 heteroatoms. The first kappa shape index (κ1) is 41.3. The summed E-state index contributed by atoms with van der Waals surface area (Å²) in [4.78, 5) is 0. The summed E-state index contributed by atoms with van der Waals surface area (Å²) < 4.78 is 14.8. The van der Waals surface area contributed by atoms with E-state index in [-0.39, 0.29) is 34.0 Å². The second kappa shape index (κ2) is 28.8. The largest absolute Gasteiger partial charge is 1.00 e. The van der Waals surface area contributed by atoms with Gasteiger partial charge in [0.1, 0.15) is 13.1 Å². The molecule has 0 aromatic rings. The van der Waals surface area contributed by atoms with Crippen molar-refractivity contribution >= 4 is 0 Å². The third kappa shape index (κ3) is 20.7. The van der Waals surface area contributed by atoms with E-state index in [4.69, 9.17) is 9.47 Å². The molecule has 36 heavy (non-hydrogen) atoms. The molecule has 0 atom stereocenters. The minimum absolute atomic E-state index is 0. The standard InChI is InChI=1S/C30H66N2O2.2BrH/c1-7-13-19-31(20-14-8-2,21-15-9-3)25-27-33-29-30-34-28-26-32(22-16-10-4,23-17-11-5)24-18-12-6;;/h7-30H2,1-6H3;2*1H/q+2;;/p-2. The molecule has 0 aromatic heterocycles. The Balaban J connectivity index is -0.00000544. The maximum Gasteiger partial charge on any atom is 0.102 e. The van der Waals surface area contributed by atoms with E-state index in [9.17, 15) is 0 Å². The average Bonchev–Trinajstić information content (AvgIpc) is 2.86. The highest BCUT2D eigenvalue weighted by Crippen LogP contribution is 2.16. The Morgan fingerprint density at radius 3 is 0.750 bits per heavy atom. The van der Waals surface area contributed by atoms with Crippen LogP contribution in [-0.4, -0.2) is 87.8 Å². The van der Waals surface area contributed by atoms with E-state index in [0.717, 1.165) is 26.4 Å². The quantitative estimate of drug-likeness (QED) is 0.0996. The number of nitrogens with zero attached hydrogens (tertiary/aromatic N) is 2. The fraction of sp³-hybridized carbons (Fsp3) is 1.00. The molecular formula is C30H66Br2N2O2. The van der Waals surface area contributed by atoms with Crippen LogP contribution in [0.25, 0.3) is 0 Å². The molecule has 0 saturated carbocycles. The van der Waals surface area contributed by atoms with Crippen LogP contribution in [0.5, 0.6) is 0 Å². The molecule has 0 amide bonds. The van der Waals surface area contributed by atoms with Gasteiger partial charge in [0, 0.05) is 0 Å². The summed E-state index contributed by atoms with van der Waals surface area (Å²) in [5.74, 6) is 0. The number of quaternary nitrogens is 2. The van der Waals surface area contributed by atoms with Crippen molar-refractivity contribution in [2.24, 2.45) is 0 Å². The fourth-order valence-electron chi connectivity index (χ4n) is 5.14. The van der Waals surface area contributed by atoms with Gasteiger partial charge in [0.05, 0.1) is 65.7 Å². The van der Waals surface area contributed by atoms with Crippen LogP contribution in [0, 0.1) is 0 Å². The van der Waals surface area contributed by atoms with Crippen LogP contribution >= 0.6 is 0 Å². The van der Waals surface area contributed by atoms with E-state index in [1.165, 1.54) is 138 Å². The van der Waals surface area contributed by atoms with Crippen molar-refractivity contribution in [2.75, 3.05) is 78.8 Å². The summed E-state index contributed by atoms with van der Waals surface area (Å²) in [7, 11) is 0. The fourth-order valence-corrected chi connectivity index (χ4v) is 5.14. The van der Waals surface area contributed by atoms with Gasteiger partial charge in [0.25, 0.3) is 0 Å². The highest BCUT2D eigenvalue weighted by atomic mass is 79.9. The van der Waals surface area contributed by atoms with E-state index in [1.807, 2.05) is 0 Å². The molecule has 0 aromatic carbocycles. The van der Waals surface area contributed by atoms with Crippen molar-refractivity contribution in [3.8, 4) is 0 Å². The Bertz CT molecular complexity index is 346. The highest BCUT2D eigenvalue weighted by Gasteiger charge is 2.26. The smallest absolute Gasteiger partial charge is 0.102 e. The molecule has 0 N–H and O–H groups in total. The van der Waals surface area contributed by atoms with Crippen LogP contribution in [0.3, 0.4) is 0 Å². The second-order valence-corrected chi connectivity index (χ2v) is 10.8. The SMILES string of the molecule is CCCC[N+](CCCC)(CCCC)CCOCCOCC[N+](CCCC)(CCCC)CCCC.[Br-].[Br-]. The number of ether oxygens (including phenoxy) is 2. The Labute approximate surface area is 249 Å². The van der Waals surface area contributed by atoms with Crippen molar-refractivity contribution in [3.05, 3.63) is 0 Å². The molecule has 0 aliphatic heterocycles. The first-order valence-electron chi connectivity index (χ1n) is 15.4. The number of rotatable bonds is 27. The zero-order chi connectivity index (χ0) is 25.4. The van der Waals surface area contributed by atoms with Crippen LogP contribution in [0.2, 0.25) is 0 Å². The molecule has 0 rings (SSSR count). The molecule has 0 aliphatic rings. The van der Waals surface area contributed by atoms with Crippen LogP contribution < -0.4 is 34.0 Å². The van der Waals surface area contributed by atoms with Gasteiger partial charge in [0.2, 0.25) is 0 Å². The van der Waals surface area contributed by atoms with Gasteiger partial charge in [-0.15, -0.1) is 0 Å². The highest BCUT2D eigenvalue weighted by molar-refractivity contribution is 4.51. The normalized spacial score (nSPS) is 11.8. The summed E-state index contributed by atoms with van der Waals surface area (Å²) in [5.41, 5.74) is 0. The number of hydrogen-bond acceptors (Lipinski definition) is 2. The van der Waals surface area contributed by atoms with E-state index >= 15 is 0 Å². The van der Waals surface area contributed by atoms with E-state index in [2.05, 4.69) is 41.5 Å². The minimum atomic E-state index is 0. The lowest BCUT2D eigenvalue weighted by Gasteiger charge is -2.39. The zero-order valence-electron chi connectivity index (χ0n) is 25.4. The topological polar surface area (TPSA) is 18.5 Å². The van der Waals surface area contributed by atoms with Gasteiger partial charge in [-0.05, 0) is 38.5 Å². The summed E-state index contributed by atoms with van der Waals surface area (Å²) in [6.07, 6.45) is 15.8. The summed E-state index contributed by atoms with van der Waals surface area (Å²) in [5, 5.41) is 0. The van der Waals surface area contributed by atoms with Gasteiger partial charge < -0.3 is 52.4 Å². The number of unbranched alkanes of at least 4 members (excludes halogenated alkanes) is 6. The van der Waals surface area contributed by atoms with Gasteiger partial charge in [-0.3, -0.25) is 0 Å². The third-order valence-corrected chi connectivity index (χ3v) is 7.71. The summed E-state index contributed by atoms with van der Waals surface area (Å²) >= 11 is 0. The summed E-state index contributed by atoms with van der Waals surface area (Å²) in [6.45, 7) is 27.5. The van der Waals surface area contributed by atoms with Gasteiger partial charge >= 0.3 is 0 Å². The molecule has 0 heterocycles. The number of hydrogen-bond donors (Lipinski definition) is 0. The maximum atomic E-state index is 6.11. The van der Waals surface area contributed by atoms with Crippen LogP contribution in [0.4, 0.5) is 0 Å². The Morgan fingerprint density at radius 2 is 0.556 bits per heavy atom. The van der Waals surface area contributed by atoms with Crippen molar-refractivity contribution < 1.29 is 52.4 Å². The van der Waals surface area contributed by atoms with E-state index < -0.39 is 0 Å². The van der Waals surface area contributed by atoms with Gasteiger partial charge in [-0.25, -0.2) is 0 Å². The van der Waals surface area contributed by atoms with Gasteiger partial charge in [-0.1, -0.05) is 80.1 Å². The van der Waals surface area contributed by atoms with Crippen molar-refractivity contribution in [1.29, 1.82) is 0 Å². The Hall–Kier alpha value is 0.800. The second-order valence-electron chi connectivity index (χ2n) is 10.8. The van der Waals surface area contributed by atoms with Crippen molar-refractivity contribution in [2.45, 2.75) is 119 Å². The molecule has 0 unspecified atom stereocenters. The lowest BCUT2D eigenvalue weighted by molar-refractivity contribution is -0.929. The third-order valence-electron chi connectivity index (χ3n) is 7.71.